The fourth-order valence-corrected chi connectivity index (χ4v) is 2.38. The Bertz CT molecular complexity index is 455. The van der Waals surface area contributed by atoms with E-state index in [4.69, 9.17) is 5.11 Å². The molecule has 1 saturated carbocycles. The molecule has 0 unspecified atom stereocenters. The zero-order valence-corrected chi connectivity index (χ0v) is 11.2. The second-order valence-electron chi connectivity index (χ2n) is 4.19. The molecule has 2 rings (SSSR count). The number of aliphatic carboxylic acids is 1. The van der Waals surface area contributed by atoms with Gasteiger partial charge in [-0.2, -0.15) is 0 Å². The molecule has 17 heavy (non-hydrogen) atoms. The second kappa shape index (κ2) is 5.03. The summed E-state index contributed by atoms with van der Waals surface area (Å²) in [6, 6.07) is 7.31. The number of hydrogen-bond donors (Lipinski definition) is 2. The lowest BCUT2D eigenvalue weighted by atomic mass is 9.80. The van der Waals surface area contributed by atoms with E-state index in [1.807, 2.05) is 18.2 Å². The smallest absolute Gasteiger partial charge is 0.306 e. The Morgan fingerprint density at radius 2 is 2.06 bits per heavy atom. The van der Waals surface area contributed by atoms with Crippen LogP contribution < -0.4 is 5.32 Å². The summed E-state index contributed by atoms with van der Waals surface area (Å²) in [6.07, 6.45) is 1.07. The third-order valence-electron chi connectivity index (χ3n) is 2.91. The van der Waals surface area contributed by atoms with Crippen LogP contribution in [0.25, 0.3) is 0 Å². The summed E-state index contributed by atoms with van der Waals surface area (Å²) in [6.45, 7) is 0. The highest BCUT2D eigenvalue weighted by atomic mass is 127. The standard InChI is InChI=1S/C12H12INO3/c13-9-3-1-2-7(4-9)11(15)14-10-5-8(6-10)12(16)17/h1-4,8,10H,5-6H2,(H,14,15)(H,16,17). The molecule has 0 aliphatic heterocycles. The number of halogens is 1. The van der Waals surface area contributed by atoms with E-state index in [9.17, 15) is 9.59 Å². The van der Waals surface area contributed by atoms with Crippen molar-refractivity contribution in [2.45, 2.75) is 18.9 Å². The van der Waals surface area contributed by atoms with Crippen molar-refractivity contribution in [3.8, 4) is 0 Å². The number of carbonyl (C=O) groups is 2. The van der Waals surface area contributed by atoms with Crippen molar-refractivity contribution < 1.29 is 14.7 Å². The first-order valence-electron chi connectivity index (χ1n) is 5.35. The highest BCUT2D eigenvalue weighted by Gasteiger charge is 2.35. The summed E-state index contributed by atoms with van der Waals surface area (Å²) in [4.78, 5) is 22.4. The van der Waals surface area contributed by atoms with Gasteiger partial charge in [0.2, 0.25) is 0 Å². The maximum atomic E-state index is 11.8. The average Bonchev–Trinajstić information content (AvgIpc) is 2.21. The van der Waals surface area contributed by atoms with Gasteiger partial charge < -0.3 is 10.4 Å². The van der Waals surface area contributed by atoms with Crippen LogP contribution in [0.5, 0.6) is 0 Å². The van der Waals surface area contributed by atoms with Crippen molar-refractivity contribution in [1.29, 1.82) is 0 Å². The predicted octanol–water partition coefficient (Wildman–Crippen LogP) is 1.88. The van der Waals surface area contributed by atoms with Gasteiger partial charge in [0.05, 0.1) is 5.92 Å². The van der Waals surface area contributed by atoms with Crippen LogP contribution >= 0.6 is 22.6 Å². The molecule has 1 amide bonds. The fraction of sp³-hybridized carbons (Fsp3) is 0.333. The van der Waals surface area contributed by atoms with Gasteiger partial charge in [0.15, 0.2) is 0 Å². The number of carboxylic acid groups (broad SMARTS) is 1. The van der Waals surface area contributed by atoms with Crippen LogP contribution in [-0.2, 0) is 4.79 Å². The summed E-state index contributed by atoms with van der Waals surface area (Å²) in [5.41, 5.74) is 0.621. The highest BCUT2D eigenvalue weighted by molar-refractivity contribution is 14.1. The molecule has 4 nitrogen and oxygen atoms in total. The maximum Gasteiger partial charge on any atom is 0.306 e. The minimum absolute atomic E-state index is 0.00136. The lowest BCUT2D eigenvalue weighted by Crippen LogP contribution is -2.46. The molecule has 1 aromatic rings. The predicted molar refractivity (Wildman–Crippen MR) is 70.8 cm³/mol. The van der Waals surface area contributed by atoms with Crippen molar-refractivity contribution in [2.24, 2.45) is 5.92 Å². The van der Waals surface area contributed by atoms with E-state index in [-0.39, 0.29) is 17.9 Å². The minimum atomic E-state index is -0.773. The van der Waals surface area contributed by atoms with E-state index >= 15 is 0 Å². The zero-order valence-electron chi connectivity index (χ0n) is 9.02. The number of carboxylic acids is 1. The molecule has 0 atom stereocenters. The molecule has 1 aliphatic carbocycles. The Kier molecular flexibility index (Phi) is 3.66. The van der Waals surface area contributed by atoms with Gasteiger partial charge in [0.25, 0.3) is 5.91 Å². The van der Waals surface area contributed by atoms with E-state index in [0.29, 0.717) is 18.4 Å². The Balaban J connectivity index is 1.89. The summed E-state index contributed by atoms with van der Waals surface area (Å²) in [5, 5.41) is 11.6. The van der Waals surface area contributed by atoms with Crippen molar-refractivity contribution in [2.75, 3.05) is 0 Å². The van der Waals surface area contributed by atoms with Crippen LogP contribution in [-0.4, -0.2) is 23.0 Å². The zero-order chi connectivity index (χ0) is 12.4. The molecule has 0 aromatic heterocycles. The first-order chi connectivity index (χ1) is 8.06. The normalized spacial score (nSPS) is 22.6. The van der Waals surface area contributed by atoms with E-state index < -0.39 is 5.97 Å². The van der Waals surface area contributed by atoms with Crippen molar-refractivity contribution in [3.05, 3.63) is 33.4 Å². The van der Waals surface area contributed by atoms with E-state index in [1.165, 1.54) is 0 Å². The molecular formula is C12H12INO3. The summed E-state index contributed by atoms with van der Waals surface area (Å²) >= 11 is 2.15. The average molecular weight is 345 g/mol. The van der Waals surface area contributed by atoms with Crippen molar-refractivity contribution in [1.82, 2.24) is 5.32 Å². The van der Waals surface area contributed by atoms with Crippen LogP contribution in [0.3, 0.4) is 0 Å². The molecular weight excluding hydrogens is 333 g/mol. The van der Waals surface area contributed by atoms with E-state index in [0.717, 1.165) is 3.57 Å². The number of amides is 1. The third-order valence-corrected chi connectivity index (χ3v) is 3.58. The maximum absolute atomic E-state index is 11.8. The monoisotopic (exact) mass is 345 g/mol. The Morgan fingerprint density at radius 1 is 1.35 bits per heavy atom. The van der Waals surface area contributed by atoms with Gasteiger partial charge in [0.1, 0.15) is 0 Å². The van der Waals surface area contributed by atoms with Crippen LogP contribution in [0.15, 0.2) is 24.3 Å². The number of hydrogen-bond acceptors (Lipinski definition) is 2. The summed E-state index contributed by atoms with van der Waals surface area (Å²) in [7, 11) is 0. The van der Waals surface area contributed by atoms with Gasteiger partial charge in [0, 0.05) is 15.2 Å². The van der Waals surface area contributed by atoms with Gasteiger partial charge in [-0.15, -0.1) is 0 Å². The molecule has 90 valence electrons. The molecule has 0 saturated heterocycles. The molecule has 2 N–H and O–H groups in total. The largest absolute Gasteiger partial charge is 0.481 e. The van der Waals surface area contributed by atoms with Crippen molar-refractivity contribution in [3.63, 3.8) is 0 Å². The Morgan fingerprint density at radius 3 is 2.65 bits per heavy atom. The topological polar surface area (TPSA) is 66.4 Å². The van der Waals surface area contributed by atoms with Crippen molar-refractivity contribution >= 4 is 34.5 Å². The SMILES string of the molecule is O=C(NC1CC(C(=O)O)C1)c1cccc(I)c1. The van der Waals surface area contributed by atoms with Crippen LogP contribution in [0.1, 0.15) is 23.2 Å². The summed E-state index contributed by atoms with van der Waals surface area (Å²) in [5.74, 6) is -1.20. The van der Waals surface area contributed by atoms with E-state index in [2.05, 4.69) is 27.9 Å². The number of nitrogens with one attached hydrogen (secondary N) is 1. The van der Waals surface area contributed by atoms with E-state index in [1.54, 1.807) is 6.07 Å². The van der Waals surface area contributed by atoms with Gasteiger partial charge in [-0.1, -0.05) is 6.07 Å². The minimum Gasteiger partial charge on any atom is -0.481 e. The fourth-order valence-electron chi connectivity index (χ4n) is 1.84. The van der Waals surface area contributed by atoms with Crippen LogP contribution in [0.2, 0.25) is 0 Å². The third kappa shape index (κ3) is 2.96. The van der Waals surface area contributed by atoms with Gasteiger partial charge >= 0.3 is 5.97 Å². The molecule has 5 heteroatoms. The molecule has 0 radical (unpaired) electrons. The molecule has 0 heterocycles. The van der Waals surface area contributed by atoms with Gasteiger partial charge in [-0.3, -0.25) is 9.59 Å². The Labute approximate surface area is 113 Å². The Hall–Kier alpha value is -1.11. The van der Waals surface area contributed by atoms with Crippen LogP contribution in [0.4, 0.5) is 0 Å². The number of carbonyl (C=O) groups excluding carboxylic acids is 1. The first kappa shape index (κ1) is 12.3. The highest BCUT2D eigenvalue weighted by Crippen LogP contribution is 2.27. The molecule has 1 aliphatic rings. The first-order valence-corrected chi connectivity index (χ1v) is 6.43. The number of benzene rings is 1. The second-order valence-corrected chi connectivity index (χ2v) is 5.43. The van der Waals surface area contributed by atoms with Gasteiger partial charge in [-0.05, 0) is 53.6 Å². The van der Waals surface area contributed by atoms with Crippen LogP contribution in [0, 0.1) is 9.49 Å². The molecule has 0 spiro atoms. The van der Waals surface area contributed by atoms with Gasteiger partial charge in [-0.25, -0.2) is 0 Å². The molecule has 0 bridgehead atoms. The lowest BCUT2D eigenvalue weighted by Gasteiger charge is -2.32. The quantitative estimate of drug-likeness (QED) is 0.823. The summed E-state index contributed by atoms with van der Waals surface area (Å²) < 4.78 is 1.01. The molecule has 1 aromatic carbocycles. The molecule has 1 fully saturated rings. The number of rotatable bonds is 3. The lowest BCUT2D eigenvalue weighted by molar-refractivity contribution is -0.145.